The summed E-state index contributed by atoms with van der Waals surface area (Å²) in [4.78, 5) is 8.31. The molecule has 17 heavy (non-hydrogen) atoms. The van der Waals surface area contributed by atoms with Gasteiger partial charge in [-0.25, -0.2) is 15.8 Å². The van der Waals surface area contributed by atoms with Gasteiger partial charge in [0.2, 0.25) is 0 Å². The molecule has 0 spiro atoms. The second-order valence-corrected chi connectivity index (χ2v) is 3.62. The Morgan fingerprint density at radius 2 is 2.00 bits per heavy atom. The molecule has 0 aliphatic carbocycles. The molecule has 0 aromatic carbocycles. The summed E-state index contributed by atoms with van der Waals surface area (Å²) in [5, 5.41) is 6.91. The Labute approximate surface area is 98.4 Å². The molecule has 0 atom stereocenters. The Hall–Kier alpha value is -2.15. The molecule has 2 aromatic rings. The first-order chi connectivity index (χ1) is 8.17. The van der Waals surface area contributed by atoms with Crippen LogP contribution in [0, 0.1) is 13.8 Å². The summed E-state index contributed by atoms with van der Waals surface area (Å²) in [5.41, 5.74) is 3.34. The molecule has 0 fully saturated rings. The first-order valence-corrected chi connectivity index (χ1v) is 5.16. The van der Waals surface area contributed by atoms with Crippen LogP contribution in [0.25, 0.3) is 0 Å². The van der Waals surface area contributed by atoms with Crippen LogP contribution in [0.5, 0.6) is 0 Å². The van der Waals surface area contributed by atoms with Gasteiger partial charge < -0.3 is 15.3 Å². The zero-order chi connectivity index (χ0) is 12.3. The first-order valence-electron chi connectivity index (χ1n) is 5.16. The summed E-state index contributed by atoms with van der Waals surface area (Å²) in [6, 6.07) is 3.58. The van der Waals surface area contributed by atoms with Gasteiger partial charge in [0, 0.05) is 12.1 Å². The second kappa shape index (κ2) is 4.79. The van der Waals surface area contributed by atoms with Gasteiger partial charge in [-0.2, -0.15) is 0 Å². The third-order valence-electron chi connectivity index (χ3n) is 2.11. The lowest BCUT2D eigenvalue weighted by Gasteiger charge is -2.06. The molecule has 7 nitrogen and oxygen atoms in total. The van der Waals surface area contributed by atoms with Crippen LogP contribution in [0.15, 0.2) is 16.7 Å². The molecule has 0 unspecified atom stereocenters. The minimum Gasteiger partial charge on any atom is -0.363 e. The van der Waals surface area contributed by atoms with E-state index in [2.05, 4.69) is 25.9 Å². The van der Waals surface area contributed by atoms with Gasteiger partial charge >= 0.3 is 0 Å². The highest BCUT2D eigenvalue weighted by molar-refractivity contribution is 5.46. The Balaban J connectivity index is 2.05. The standard InChI is InChI=1S/C10H14N6O/c1-6-3-8(17-16-6)5-12-9-4-10(15-11)14-7(2)13-9/h3-4H,5,11H2,1-2H3,(H2,12,13,14,15). The maximum absolute atomic E-state index is 5.30. The summed E-state index contributed by atoms with van der Waals surface area (Å²) in [6.45, 7) is 4.18. The summed E-state index contributed by atoms with van der Waals surface area (Å²) < 4.78 is 5.08. The maximum atomic E-state index is 5.30. The number of aromatic nitrogens is 3. The lowest BCUT2D eigenvalue weighted by molar-refractivity contribution is 0.384. The molecule has 90 valence electrons. The Bertz CT molecular complexity index is 509. The van der Waals surface area contributed by atoms with Crippen LogP contribution >= 0.6 is 0 Å². The smallest absolute Gasteiger partial charge is 0.156 e. The molecule has 0 saturated carbocycles. The van der Waals surface area contributed by atoms with Gasteiger partial charge in [0.1, 0.15) is 17.5 Å². The lowest BCUT2D eigenvalue weighted by Crippen LogP contribution is -2.11. The predicted octanol–water partition coefficient (Wildman–Crippen LogP) is 0.979. The molecular formula is C10H14N6O. The van der Waals surface area contributed by atoms with E-state index < -0.39 is 0 Å². The number of hydrogen-bond donors (Lipinski definition) is 3. The summed E-state index contributed by atoms with van der Waals surface area (Å²) in [6.07, 6.45) is 0. The molecule has 0 amide bonds. The highest BCUT2D eigenvalue weighted by Gasteiger charge is 2.03. The van der Waals surface area contributed by atoms with Gasteiger partial charge in [-0.1, -0.05) is 5.16 Å². The van der Waals surface area contributed by atoms with Gasteiger partial charge in [-0.05, 0) is 13.8 Å². The fraction of sp³-hybridized carbons (Fsp3) is 0.300. The average Bonchev–Trinajstić information content (AvgIpc) is 2.72. The molecule has 0 bridgehead atoms. The fourth-order valence-electron chi connectivity index (χ4n) is 1.41. The van der Waals surface area contributed by atoms with Crippen molar-refractivity contribution >= 4 is 11.6 Å². The lowest BCUT2D eigenvalue weighted by atomic mass is 10.4. The van der Waals surface area contributed by atoms with Gasteiger partial charge in [-0.15, -0.1) is 0 Å². The average molecular weight is 234 g/mol. The third-order valence-corrected chi connectivity index (χ3v) is 2.11. The van der Waals surface area contributed by atoms with E-state index in [4.69, 9.17) is 10.4 Å². The number of hydrazine groups is 1. The summed E-state index contributed by atoms with van der Waals surface area (Å²) in [7, 11) is 0. The number of nitrogens with zero attached hydrogens (tertiary/aromatic N) is 3. The van der Waals surface area contributed by atoms with Crippen molar-refractivity contribution in [2.24, 2.45) is 5.84 Å². The van der Waals surface area contributed by atoms with E-state index in [-0.39, 0.29) is 0 Å². The minimum absolute atomic E-state index is 0.515. The quantitative estimate of drug-likeness (QED) is 0.535. The minimum atomic E-state index is 0.515. The molecule has 4 N–H and O–H groups in total. The highest BCUT2D eigenvalue weighted by Crippen LogP contribution is 2.11. The molecule has 2 aromatic heterocycles. The van der Waals surface area contributed by atoms with Crippen LogP contribution in [0.2, 0.25) is 0 Å². The van der Waals surface area contributed by atoms with Crippen molar-refractivity contribution in [2.45, 2.75) is 20.4 Å². The van der Waals surface area contributed by atoms with Crippen molar-refractivity contribution in [1.29, 1.82) is 0 Å². The fourth-order valence-corrected chi connectivity index (χ4v) is 1.41. The Morgan fingerprint density at radius 1 is 1.24 bits per heavy atom. The van der Waals surface area contributed by atoms with Gasteiger partial charge in [0.05, 0.1) is 12.2 Å². The number of nitrogen functional groups attached to an aromatic ring is 1. The van der Waals surface area contributed by atoms with E-state index >= 15 is 0 Å². The van der Waals surface area contributed by atoms with Crippen LogP contribution in [-0.2, 0) is 6.54 Å². The maximum Gasteiger partial charge on any atom is 0.156 e. The normalized spacial score (nSPS) is 10.3. The van der Waals surface area contributed by atoms with E-state index in [0.29, 0.717) is 24.0 Å². The van der Waals surface area contributed by atoms with E-state index in [0.717, 1.165) is 11.5 Å². The predicted molar refractivity (Wildman–Crippen MR) is 63.1 cm³/mol. The van der Waals surface area contributed by atoms with Crippen LogP contribution in [-0.4, -0.2) is 15.1 Å². The zero-order valence-corrected chi connectivity index (χ0v) is 9.69. The van der Waals surface area contributed by atoms with Crippen molar-refractivity contribution in [3.8, 4) is 0 Å². The van der Waals surface area contributed by atoms with Gasteiger partial charge in [0.15, 0.2) is 5.76 Å². The van der Waals surface area contributed by atoms with Crippen molar-refractivity contribution in [1.82, 2.24) is 15.1 Å². The Morgan fingerprint density at radius 3 is 2.65 bits per heavy atom. The monoisotopic (exact) mass is 234 g/mol. The Kier molecular flexibility index (Phi) is 3.20. The molecule has 0 aliphatic heterocycles. The third kappa shape index (κ3) is 2.91. The molecular weight excluding hydrogens is 220 g/mol. The van der Waals surface area contributed by atoms with Crippen LogP contribution in [0.1, 0.15) is 17.3 Å². The highest BCUT2D eigenvalue weighted by atomic mass is 16.5. The van der Waals surface area contributed by atoms with E-state index in [1.807, 2.05) is 13.0 Å². The van der Waals surface area contributed by atoms with Crippen LogP contribution < -0.4 is 16.6 Å². The number of aryl methyl sites for hydroxylation is 2. The molecule has 2 rings (SSSR count). The topological polar surface area (TPSA) is 102 Å². The second-order valence-electron chi connectivity index (χ2n) is 3.62. The molecule has 2 heterocycles. The van der Waals surface area contributed by atoms with Crippen LogP contribution in [0.4, 0.5) is 11.6 Å². The van der Waals surface area contributed by atoms with Crippen molar-refractivity contribution < 1.29 is 4.52 Å². The molecule has 7 heteroatoms. The van der Waals surface area contributed by atoms with Gasteiger partial charge in [0.25, 0.3) is 0 Å². The summed E-state index contributed by atoms with van der Waals surface area (Å²) in [5.74, 6) is 7.93. The van der Waals surface area contributed by atoms with Gasteiger partial charge in [-0.3, -0.25) is 0 Å². The summed E-state index contributed by atoms with van der Waals surface area (Å²) >= 11 is 0. The molecule has 0 aliphatic rings. The van der Waals surface area contributed by atoms with E-state index in [9.17, 15) is 0 Å². The number of anilines is 2. The van der Waals surface area contributed by atoms with Crippen LogP contribution in [0.3, 0.4) is 0 Å². The SMILES string of the molecule is Cc1cc(CNc2cc(NN)nc(C)n2)on1. The zero-order valence-electron chi connectivity index (χ0n) is 9.69. The number of nitrogens with one attached hydrogen (secondary N) is 2. The first kappa shape index (κ1) is 11.3. The van der Waals surface area contributed by atoms with Crippen molar-refractivity contribution in [3.05, 3.63) is 29.4 Å². The van der Waals surface area contributed by atoms with E-state index in [1.165, 1.54) is 0 Å². The van der Waals surface area contributed by atoms with Crippen molar-refractivity contribution in [3.63, 3.8) is 0 Å². The number of hydrogen-bond acceptors (Lipinski definition) is 7. The molecule has 0 saturated heterocycles. The van der Waals surface area contributed by atoms with E-state index in [1.54, 1.807) is 13.0 Å². The molecule has 0 radical (unpaired) electrons. The van der Waals surface area contributed by atoms with Crippen molar-refractivity contribution in [2.75, 3.05) is 10.7 Å². The largest absolute Gasteiger partial charge is 0.363 e. The number of nitrogens with two attached hydrogens (primary N) is 1. The number of rotatable bonds is 4.